The Hall–Kier alpha value is -1.65. The topological polar surface area (TPSA) is 46.3 Å². The molecule has 0 saturated heterocycles. The maximum Gasteiger partial charge on any atom is 0.248 e. The summed E-state index contributed by atoms with van der Waals surface area (Å²) in [7, 11) is 3.82. The molecule has 2 heterocycles. The lowest BCUT2D eigenvalue weighted by atomic mass is 10.6. The average molecular weight is 193 g/mol. The Morgan fingerprint density at radius 1 is 1.21 bits per heavy atom. The number of aromatic nitrogens is 4. The van der Waals surface area contributed by atoms with E-state index >= 15 is 0 Å². The molecule has 0 aliphatic carbocycles. The molecule has 5 nitrogen and oxygen atoms in total. The van der Waals surface area contributed by atoms with Crippen LogP contribution in [0.2, 0.25) is 0 Å². The highest BCUT2D eigenvalue weighted by Crippen LogP contribution is 2.06. The van der Waals surface area contributed by atoms with Gasteiger partial charge in [0.25, 0.3) is 0 Å². The second-order valence-corrected chi connectivity index (χ2v) is 2.69. The van der Waals surface area contributed by atoms with Gasteiger partial charge in [-0.05, 0) is 12.1 Å². The molecule has 14 heavy (non-hydrogen) atoms. The van der Waals surface area contributed by atoms with Gasteiger partial charge in [0, 0.05) is 20.3 Å². The number of hydrogen-bond donors (Lipinski definition) is 0. The lowest BCUT2D eigenvalue weighted by molar-refractivity contribution is 0.880. The van der Waals surface area contributed by atoms with E-state index in [0.717, 1.165) is 11.6 Å². The molecule has 0 atom stereocenters. The quantitative estimate of drug-likeness (QED) is 0.683. The molecule has 2 rings (SSSR count). The first-order valence-corrected chi connectivity index (χ1v) is 4.63. The second-order valence-electron chi connectivity index (χ2n) is 2.69. The number of nitrogens with zero attached hydrogens (tertiary/aromatic N) is 5. The van der Waals surface area contributed by atoms with E-state index in [1.807, 2.05) is 45.0 Å². The zero-order valence-corrected chi connectivity index (χ0v) is 8.97. The van der Waals surface area contributed by atoms with Crippen molar-refractivity contribution in [3.05, 3.63) is 18.3 Å². The van der Waals surface area contributed by atoms with Crippen molar-refractivity contribution in [2.75, 3.05) is 19.0 Å². The van der Waals surface area contributed by atoms with E-state index in [1.54, 1.807) is 10.7 Å². The minimum atomic E-state index is 0.741. The van der Waals surface area contributed by atoms with Crippen molar-refractivity contribution in [2.45, 2.75) is 13.8 Å². The van der Waals surface area contributed by atoms with Gasteiger partial charge in [-0.3, -0.25) is 0 Å². The van der Waals surface area contributed by atoms with E-state index in [0.29, 0.717) is 0 Å². The van der Waals surface area contributed by atoms with Gasteiger partial charge >= 0.3 is 0 Å². The summed E-state index contributed by atoms with van der Waals surface area (Å²) in [5.74, 6) is 0.741. The van der Waals surface area contributed by atoms with Gasteiger partial charge in [-0.1, -0.05) is 13.8 Å². The van der Waals surface area contributed by atoms with E-state index in [4.69, 9.17) is 0 Å². The third-order valence-electron chi connectivity index (χ3n) is 1.56. The van der Waals surface area contributed by atoms with E-state index < -0.39 is 0 Å². The predicted molar refractivity (Wildman–Crippen MR) is 56.5 cm³/mol. The minimum absolute atomic E-state index is 0.741. The molecule has 0 bridgehead atoms. The first kappa shape index (κ1) is 10.4. The largest absolute Gasteiger partial charge is 0.346 e. The summed E-state index contributed by atoms with van der Waals surface area (Å²) in [6.45, 7) is 4.00. The monoisotopic (exact) mass is 193 g/mol. The highest BCUT2D eigenvalue weighted by atomic mass is 15.4. The molecule has 2 aromatic rings. The van der Waals surface area contributed by atoms with Crippen LogP contribution in [0.5, 0.6) is 0 Å². The van der Waals surface area contributed by atoms with E-state index in [-0.39, 0.29) is 0 Å². The predicted octanol–water partition coefficient (Wildman–Crippen LogP) is 1.22. The van der Waals surface area contributed by atoms with Crippen LogP contribution in [0.4, 0.5) is 5.95 Å². The number of rotatable bonds is 1. The molecule has 0 saturated carbocycles. The fourth-order valence-corrected chi connectivity index (χ4v) is 1.01. The molecular formula is C9H15N5. The fraction of sp³-hybridized carbons (Fsp3) is 0.444. The van der Waals surface area contributed by atoms with E-state index in [9.17, 15) is 0 Å². The van der Waals surface area contributed by atoms with E-state index in [1.165, 1.54) is 0 Å². The van der Waals surface area contributed by atoms with Gasteiger partial charge in [-0.25, -0.2) is 0 Å². The van der Waals surface area contributed by atoms with Crippen LogP contribution in [-0.2, 0) is 0 Å². The standard InChI is InChI=1S/C7H9N5.C2H6/c1-11(2)7-10-9-6-4-3-5-8-12(6)7;1-2/h3-5H,1-2H3;1-2H3. The third-order valence-corrected chi connectivity index (χ3v) is 1.56. The van der Waals surface area contributed by atoms with Crippen LogP contribution in [0.25, 0.3) is 5.65 Å². The normalized spacial score (nSPS) is 9.43. The molecule has 76 valence electrons. The first-order chi connectivity index (χ1) is 6.79. The lowest BCUT2D eigenvalue weighted by Gasteiger charge is -2.06. The molecule has 5 heteroatoms. The van der Waals surface area contributed by atoms with Crippen molar-refractivity contribution in [3.8, 4) is 0 Å². The summed E-state index contributed by atoms with van der Waals surface area (Å²) in [5, 5.41) is 12.0. The maximum atomic E-state index is 4.11. The van der Waals surface area contributed by atoms with Gasteiger partial charge in [0.15, 0.2) is 5.65 Å². The van der Waals surface area contributed by atoms with Crippen LogP contribution in [-0.4, -0.2) is 33.9 Å². The maximum absolute atomic E-state index is 4.11. The lowest BCUT2D eigenvalue weighted by Crippen LogP contribution is -2.13. The molecule has 0 unspecified atom stereocenters. The smallest absolute Gasteiger partial charge is 0.248 e. The summed E-state index contributed by atoms with van der Waals surface area (Å²) in [4.78, 5) is 1.87. The second kappa shape index (κ2) is 4.55. The number of fused-ring (bicyclic) bond motifs is 1. The summed E-state index contributed by atoms with van der Waals surface area (Å²) < 4.78 is 1.69. The molecule has 0 fully saturated rings. The third kappa shape index (κ3) is 1.81. The van der Waals surface area contributed by atoms with Crippen molar-refractivity contribution in [1.29, 1.82) is 0 Å². The van der Waals surface area contributed by atoms with Gasteiger partial charge in [-0.15, -0.1) is 10.2 Å². The van der Waals surface area contributed by atoms with Crippen molar-refractivity contribution in [2.24, 2.45) is 0 Å². The molecule has 0 aromatic carbocycles. The van der Waals surface area contributed by atoms with Gasteiger partial charge in [0.1, 0.15) is 0 Å². The van der Waals surface area contributed by atoms with Crippen LogP contribution < -0.4 is 4.90 Å². The van der Waals surface area contributed by atoms with Gasteiger partial charge in [-0.2, -0.15) is 9.61 Å². The molecule has 0 radical (unpaired) electrons. The van der Waals surface area contributed by atoms with Crippen molar-refractivity contribution in [3.63, 3.8) is 0 Å². The van der Waals surface area contributed by atoms with Gasteiger partial charge < -0.3 is 4.90 Å². The Labute approximate surface area is 83.4 Å². The molecule has 0 amide bonds. The molecule has 0 spiro atoms. The summed E-state index contributed by atoms with van der Waals surface area (Å²) in [5.41, 5.74) is 0.765. The Balaban J connectivity index is 0.000000461. The Kier molecular flexibility index (Phi) is 3.39. The molecule has 0 aliphatic rings. The molecule has 2 aromatic heterocycles. The highest BCUT2D eigenvalue weighted by Gasteiger charge is 2.05. The number of hydrogen-bond acceptors (Lipinski definition) is 4. The Bertz CT molecular complexity index is 393. The zero-order chi connectivity index (χ0) is 10.6. The van der Waals surface area contributed by atoms with Crippen LogP contribution in [0.1, 0.15) is 13.8 Å². The Morgan fingerprint density at radius 2 is 1.93 bits per heavy atom. The molecule has 0 aliphatic heterocycles. The zero-order valence-electron chi connectivity index (χ0n) is 8.97. The van der Waals surface area contributed by atoms with Gasteiger partial charge in [0.2, 0.25) is 5.95 Å². The fourth-order valence-electron chi connectivity index (χ4n) is 1.01. The Morgan fingerprint density at radius 3 is 2.57 bits per heavy atom. The van der Waals surface area contributed by atoms with Crippen molar-refractivity contribution in [1.82, 2.24) is 19.8 Å². The average Bonchev–Trinajstić information content (AvgIpc) is 2.64. The van der Waals surface area contributed by atoms with E-state index in [2.05, 4.69) is 15.3 Å². The van der Waals surface area contributed by atoms with Crippen LogP contribution in [0, 0.1) is 0 Å². The minimum Gasteiger partial charge on any atom is -0.346 e. The highest BCUT2D eigenvalue weighted by molar-refractivity contribution is 5.43. The van der Waals surface area contributed by atoms with Crippen molar-refractivity contribution >= 4 is 11.6 Å². The van der Waals surface area contributed by atoms with Crippen molar-refractivity contribution < 1.29 is 0 Å². The van der Waals surface area contributed by atoms with Crippen LogP contribution >= 0.6 is 0 Å². The van der Waals surface area contributed by atoms with Crippen LogP contribution in [0.3, 0.4) is 0 Å². The number of anilines is 1. The van der Waals surface area contributed by atoms with Gasteiger partial charge in [0.05, 0.1) is 0 Å². The molecule has 0 N–H and O–H groups in total. The SMILES string of the molecule is CC.CN(C)c1nnc2cccnn12. The van der Waals surface area contributed by atoms with Crippen LogP contribution in [0.15, 0.2) is 18.3 Å². The summed E-state index contributed by atoms with van der Waals surface area (Å²) in [6, 6.07) is 3.70. The summed E-state index contributed by atoms with van der Waals surface area (Å²) in [6.07, 6.45) is 1.71. The first-order valence-electron chi connectivity index (χ1n) is 4.63. The summed E-state index contributed by atoms with van der Waals surface area (Å²) >= 11 is 0. The molecular weight excluding hydrogens is 178 g/mol.